The highest BCUT2D eigenvalue weighted by Crippen LogP contribution is 2.35. The summed E-state index contributed by atoms with van der Waals surface area (Å²) in [7, 11) is 0. The highest BCUT2D eigenvalue weighted by molar-refractivity contribution is 6.05. The molecule has 1 aliphatic carbocycles. The lowest BCUT2D eigenvalue weighted by atomic mass is 9.85. The van der Waals surface area contributed by atoms with Crippen LogP contribution in [0.1, 0.15) is 45.6 Å². The number of carbonyl (C=O) groups is 3. The number of imide groups is 1. The third kappa shape index (κ3) is 3.57. The van der Waals surface area contributed by atoms with E-state index in [2.05, 4.69) is 26.1 Å². The van der Waals surface area contributed by atoms with E-state index in [-0.39, 0.29) is 47.9 Å². The van der Waals surface area contributed by atoms with Crippen molar-refractivity contribution in [1.82, 2.24) is 4.90 Å². The maximum Gasteiger partial charge on any atom is 0.233 e. The van der Waals surface area contributed by atoms with E-state index in [1.165, 1.54) is 4.90 Å². The number of hydrogen-bond donors (Lipinski definition) is 1. The molecule has 1 aromatic rings. The zero-order valence-electron chi connectivity index (χ0n) is 15.6. The van der Waals surface area contributed by atoms with Crippen LogP contribution in [0.2, 0.25) is 0 Å². The Morgan fingerprint density at radius 3 is 2.23 bits per heavy atom. The molecule has 0 bridgehead atoms. The quantitative estimate of drug-likeness (QED) is 0.667. The molecule has 3 rings (SSSR count). The third-order valence-electron chi connectivity index (χ3n) is 5.17. The maximum atomic E-state index is 12.4. The predicted octanol–water partition coefficient (Wildman–Crippen LogP) is 3.26. The van der Waals surface area contributed by atoms with Crippen LogP contribution in [-0.4, -0.2) is 29.2 Å². The van der Waals surface area contributed by atoms with Gasteiger partial charge < -0.3 is 5.32 Å². The summed E-state index contributed by atoms with van der Waals surface area (Å²) in [4.78, 5) is 38.6. The molecule has 2 atom stereocenters. The number of para-hydroxylation sites is 1. The summed E-state index contributed by atoms with van der Waals surface area (Å²) in [5.74, 6) is -0.927. The van der Waals surface area contributed by atoms with Crippen molar-refractivity contribution in [1.29, 1.82) is 0 Å². The molecule has 0 saturated carbocycles. The molecule has 1 aliphatic heterocycles. The average Bonchev–Trinajstić information content (AvgIpc) is 2.84. The van der Waals surface area contributed by atoms with Crippen LogP contribution in [0, 0.1) is 11.8 Å². The van der Waals surface area contributed by atoms with Gasteiger partial charge in [-0.3, -0.25) is 19.3 Å². The lowest BCUT2D eigenvalue weighted by molar-refractivity contribution is -0.140. The van der Waals surface area contributed by atoms with E-state index in [9.17, 15) is 14.4 Å². The fraction of sp³-hybridized carbons (Fsp3) is 0.476. The zero-order chi connectivity index (χ0) is 18.9. The molecule has 5 nitrogen and oxygen atoms in total. The third-order valence-corrected chi connectivity index (χ3v) is 5.17. The molecule has 0 spiro atoms. The first kappa shape index (κ1) is 18.4. The van der Waals surface area contributed by atoms with Gasteiger partial charge in [-0.25, -0.2) is 0 Å². The Balaban J connectivity index is 1.62. The number of nitrogens with one attached hydrogen (secondary N) is 1. The molecule has 1 heterocycles. The monoisotopic (exact) mass is 354 g/mol. The molecular weight excluding hydrogens is 328 g/mol. The first-order chi connectivity index (χ1) is 12.3. The van der Waals surface area contributed by atoms with Gasteiger partial charge in [0.1, 0.15) is 0 Å². The lowest BCUT2D eigenvalue weighted by Gasteiger charge is -2.23. The fourth-order valence-corrected chi connectivity index (χ4v) is 3.76. The van der Waals surface area contributed by atoms with Crippen LogP contribution in [0.25, 0.3) is 0 Å². The summed E-state index contributed by atoms with van der Waals surface area (Å²) in [6.07, 6.45) is 5.29. The Kier molecular flexibility index (Phi) is 4.99. The van der Waals surface area contributed by atoms with Crippen molar-refractivity contribution in [2.24, 2.45) is 11.8 Å². The van der Waals surface area contributed by atoms with E-state index in [1.807, 2.05) is 36.4 Å². The standard InChI is InChI=1S/C21H26N2O3/c1-21(2,3)16-10-6-7-11-17(16)22-18(24)12-13-23-19(25)14-8-4-5-9-15(14)20(23)26/h4-7,10-11,14-15H,8-9,12-13H2,1-3H3,(H,22,24)/t14-,15-/m0/s1. The van der Waals surface area contributed by atoms with E-state index in [1.54, 1.807) is 0 Å². The summed E-state index contributed by atoms with van der Waals surface area (Å²) in [6.45, 7) is 6.42. The second kappa shape index (κ2) is 7.06. The van der Waals surface area contributed by atoms with E-state index < -0.39 is 0 Å². The molecule has 26 heavy (non-hydrogen) atoms. The van der Waals surface area contributed by atoms with Crippen molar-refractivity contribution in [3.05, 3.63) is 42.0 Å². The minimum Gasteiger partial charge on any atom is -0.326 e. The number of fused-ring (bicyclic) bond motifs is 1. The normalized spacial score (nSPS) is 22.5. The van der Waals surface area contributed by atoms with Gasteiger partial charge in [0.25, 0.3) is 0 Å². The van der Waals surface area contributed by atoms with E-state index in [0.717, 1.165) is 11.3 Å². The minimum atomic E-state index is -0.239. The van der Waals surface area contributed by atoms with Crippen molar-refractivity contribution < 1.29 is 14.4 Å². The Morgan fingerprint density at radius 1 is 1.08 bits per heavy atom. The number of carbonyl (C=O) groups excluding carboxylic acids is 3. The number of likely N-dealkylation sites (tertiary alicyclic amines) is 1. The molecule has 3 amide bonds. The van der Waals surface area contributed by atoms with Crippen LogP contribution < -0.4 is 5.32 Å². The van der Waals surface area contributed by atoms with E-state index in [4.69, 9.17) is 0 Å². The maximum absolute atomic E-state index is 12.4. The molecule has 1 saturated heterocycles. The van der Waals surface area contributed by atoms with E-state index >= 15 is 0 Å². The number of benzene rings is 1. The summed E-state index contributed by atoms with van der Waals surface area (Å²) < 4.78 is 0. The summed E-state index contributed by atoms with van der Waals surface area (Å²) in [5, 5.41) is 2.93. The topological polar surface area (TPSA) is 66.5 Å². The Bertz CT molecular complexity index is 735. The van der Waals surface area contributed by atoms with Gasteiger partial charge in [0.2, 0.25) is 17.7 Å². The van der Waals surface area contributed by atoms with Crippen molar-refractivity contribution in [2.45, 2.75) is 45.4 Å². The van der Waals surface area contributed by atoms with Crippen LogP contribution >= 0.6 is 0 Å². The van der Waals surface area contributed by atoms with E-state index in [0.29, 0.717) is 12.8 Å². The Labute approximate surface area is 154 Å². The van der Waals surface area contributed by atoms with Gasteiger partial charge in [0.05, 0.1) is 11.8 Å². The Morgan fingerprint density at radius 2 is 1.65 bits per heavy atom. The van der Waals surface area contributed by atoms with Crippen molar-refractivity contribution in [3.63, 3.8) is 0 Å². The van der Waals surface area contributed by atoms with Gasteiger partial charge in [-0.1, -0.05) is 51.1 Å². The molecule has 0 radical (unpaired) electrons. The van der Waals surface area contributed by atoms with Crippen molar-refractivity contribution in [2.75, 3.05) is 11.9 Å². The number of allylic oxidation sites excluding steroid dienone is 2. The Hall–Kier alpha value is -2.43. The van der Waals surface area contributed by atoms with Crippen molar-refractivity contribution >= 4 is 23.4 Å². The molecule has 5 heteroatoms. The lowest BCUT2D eigenvalue weighted by Crippen LogP contribution is -2.34. The summed E-state index contributed by atoms with van der Waals surface area (Å²) in [6, 6.07) is 7.72. The molecule has 1 aromatic carbocycles. The molecule has 1 N–H and O–H groups in total. The molecule has 0 aromatic heterocycles. The highest BCUT2D eigenvalue weighted by Gasteiger charge is 2.46. The van der Waals surface area contributed by atoms with Gasteiger partial charge in [0, 0.05) is 18.7 Å². The van der Waals surface area contributed by atoms with Gasteiger partial charge in [-0.05, 0) is 29.9 Å². The van der Waals surface area contributed by atoms with Gasteiger partial charge in [-0.15, -0.1) is 0 Å². The van der Waals surface area contributed by atoms with Crippen LogP contribution in [0.5, 0.6) is 0 Å². The number of nitrogens with zero attached hydrogens (tertiary/aromatic N) is 1. The molecule has 138 valence electrons. The average molecular weight is 354 g/mol. The van der Waals surface area contributed by atoms with Crippen LogP contribution in [0.15, 0.2) is 36.4 Å². The van der Waals surface area contributed by atoms with Gasteiger partial charge in [0.15, 0.2) is 0 Å². The molecule has 2 aliphatic rings. The fourth-order valence-electron chi connectivity index (χ4n) is 3.76. The molecule has 1 fully saturated rings. The predicted molar refractivity (Wildman–Crippen MR) is 100 cm³/mol. The zero-order valence-corrected chi connectivity index (χ0v) is 15.6. The number of amides is 3. The summed E-state index contributed by atoms with van der Waals surface area (Å²) in [5.41, 5.74) is 1.74. The highest BCUT2D eigenvalue weighted by atomic mass is 16.2. The first-order valence-electron chi connectivity index (χ1n) is 9.18. The second-order valence-electron chi connectivity index (χ2n) is 8.08. The first-order valence-corrected chi connectivity index (χ1v) is 9.18. The minimum absolute atomic E-state index is 0.0898. The van der Waals surface area contributed by atoms with Crippen molar-refractivity contribution in [3.8, 4) is 0 Å². The summed E-state index contributed by atoms with van der Waals surface area (Å²) >= 11 is 0. The largest absolute Gasteiger partial charge is 0.326 e. The molecule has 0 unspecified atom stereocenters. The molecular formula is C21H26N2O3. The number of anilines is 1. The number of rotatable bonds is 4. The van der Waals surface area contributed by atoms with Crippen LogP contribution in [0.4, 0.5) is 5.69 Å². The smallest absolute Gasteiger partial charge is 0.233 e. The number of hydrogen-bond acceptors (Lipinski definition) is 3. The van der Waals surface area contributed by atoms with Gasteiger partial charge in [-0.2, -0.15) is 0 Å². The SMILES string of the molecule is CC(C)(C)c1ccccc1NC(=O)CCN1C(=O)[C@H]2CC=CC[C@@H]2C1=O. The van der Waals surface area contributed by atoms with Crippen LogP contribution in [0.3, 0.4) is 0 Å². The van der Waals surface area contributed by atoms with Crippen LogP contribution in [-0.2, 0) is 19.8 Å². The second-order valence-corrected chi connectivity index (χ2v) is 8.08. The van der Waals surface area contributed by atoms with Gasteiger partial charge >= 0.3 is 0 Å².